The average molecular weight is 486 g/mol. The summed E-state index contributed by atoms with van der Waals surface area (Å²) in [5.74, 6) is -0.113. The Hall–Kier alpha value is -2.29. The Morgan fingerprint density at radius 2 is 1.63 bits per heavy atom. The number of halogens is 3. The summed E-state index contributed by atoms with van der Waals surface area (Å²) in [6.07, 6.45) is -0.0933. The molecule has 1 amide bonds. The summed E-state index contributed by atoms with van der Waals surface area (Å²) in [7, 11) is -4.15. The SMILES string of the molecule is NS(=O)(=O)c1cc(NC(=O)Cc2c(Cl)cccc2Cl)ccc1Oc1cccc(Cl)c1. The molecule has 0 unspecified atom stereocenters. The second-order valence-electron chi connectivity index (χ2n) is 6.19. The highest BCUT2D eigenvalue weighted by atomic mass is 35.5. The van der Waals surface area contributed by atoms with E-state index in [0.29, 0.717) is 26.4 Å². The normalized spacial score (nSPS) is 11.2. The van der Waals surface area contributed by atoms with E-state index >= 15 is 0 Å². The maximum absolute atomic E-state index is 12.4. The number of nitrogens with two attached hydrogens (primary N) is 1. The highest BCUT2D eigenvalue weighted by Crippen LogP contribution is 2.32. The summed E-state index contributed by atoms with van der Waals surface area (Å²) in [5, 5.41) is 9.06. The molecular formula is C20H15Cl3N2O4S. The third-order valence-electron chi connectivity index (χ3n) is 3.96. The molecule has 0 aliphatic rings. The molecule has 0 spiro atoms. The number of benzene rings is 3. The molecule has 0 saturated heterocycles. The molecule has 3 aromatic rings. The van der Waals surface area contributed by atoms with Crippen LogP contribution in [0.5, 0.6) is 11.5 Å². The second kappa shape index (κ2) is 9.24. The van der Waals surface area contributed by atoms with Gasteiger partial charge in [-0.3, -0.25) is 4.79 Å². The van der Waals surface area contributed by atoms with Crippen LogP contribution in [0.2, 0.25) is 15.1 Å². The molecule has 3 N–H and O–H groups in total. The van der Waals surface area contributed by atoms with Crippen LogP contribution in [0.4, 0.5) is 5.69 Å². The Bertz CT molecular complexity index is 1200. The monoisotopic (exact) mass is 484 g/mol. The van der Waals surface area contributed by atoms with Crippen molar-refractivity contribution in [1.29, 1.82) is 0 Å². The fourth-order valence-corrected chi connectivity index (χ4v) is 4.01. The molecule has 0 atom stereocenters. The molecule has 0 aliphatic carbocycles. The smallest absolute Gasteiger partial charge is 0.241 e. The highest BCUT2D eigenvalue weighted by Gasteiger charge is 2.18. The summed E-state index contributed by atoms with van der Waals surface area (Å²) in [6, 6.07) is 15.4. The molecule has 3 aromatic carbocycles. The van der Waals surface area contributed by atoms with E-state index < -0.39 is 15.9 Å². The predicted molar refractivity (Wildman–Crippen MR) is 118 cm³/mol. The summed E-state index contributed by atoms with van der Waals surface area (Å²) in [6.45, 7) is 0. The van der Waals surface area contributed by atoms with Crippen molar-refractivity contribution in [3.8, 4) is 11.5 Å². The first kappa shape index (κ1) is 22.4. The van der Waals surface area contributed by atoms with E-state index in [0.717, 1.165) is 0 Å². The number of rotatable bonds is 6. The minimum atomic E-state index is -4.15. The molecule has 0 aromatic heterocycles. The lowest BCUT2D eigenvalue weighted by molar-refractivity contribution is -0.115. The molecular weight excluding hydrogens is 471 g/mol. The lowest BCUT2D eigenvalue weighted by atomic mass is 10.1. The zero-order chi connectivity index (χ0) is 21.9. The molecule has 156 valence electrons. The number of hydrogen-bond acceptors (Lipinski definition) is 4. The van der Waals surface area contributed by atoms with Crippen LogP contribution in [0.15, 0.2) is 65.6 Å². The van der Waals surface area contributed by atoms with E-state index in [1.54, 1.807) is 36.4 Å². The summed E-state index contributed by atoms with van der Waals surface area (Å²) >= 11 is 18.1. The lowest BCUT2D eigenvalue weighted by Gasteiger charge is -2.13. The first-order chi connectivity index (χ1) is 14.1. The minimum Gasteiger partial charge on any atom is -0.456 e. The number of anilines is 1. The molecule has 3 rings (SSSR count). The zero-order valence-electron chi connectivity index (χ0n) is 15.2. The fraction of sp³-hybridized carbons (Fsp3) is 0.0500. The minimum absolute atomic E-state index is 0.00749. The number of nitrogens with one attached hydrogen (secondary N) is 1. The van der Waals surface area contributed by atoms with Gasteiger partial charge in [0.25, 0.3) is 0 Å². The van der Waals surface area contributed by atoms with Crippen molar-refractivity contribution in [3.05, 3.63) is 81.3 Å². The second-order valence-corrected chi connectivity index (χ2v) is 8.97. The van der Waals surface area contributed by atoms with Crippen molar-refractivity contribution >= 4 is 56.4 Å². The fourth-order valence-electron chi connectivity index (χ4n) is 2.62. The van der Waals surface area contributed by atoms with Crippen LogP contribution in [0.1, 0.15) is 5.56 Å². The van der Waals surface area contributed by atoms with E-state index in [-0.39, 0.29) is 22.8 Å². The number of hydrogen-bond donors (Lipinski definition) is 2. The van der Waals surface area contributed by atoms with Gasteiger partial charge in [-0.1, -0.05) is 46.9 Å². The first-order valence-corrected chi connectivity index (χ1v) is 11.1. The van der Waals surface area contributed by atoms with Crippen LogP contribution in [0.25, 0.3) is 0 Å². The first-order valence-electron chi connectivity index (χ1n) is 8.46. The summed E-state index contributed by atoms with van der Waals surface area (Å²) in [5.41, 5.74) is 0.677. The highest BCUT2D eigenvalue weighted by molar-refractivity contribution is 7.89. The largest absolute Gasteiger partial charge is 0.456 e. The third kappa shape index (κ3) is 5.65. The third-order valence-corrected chi connectivity index (χ3v) is 5.83. The molecule has 0 aliphatic heterocycles. The lowest BCUT2D eigenvalue weighted by Crippen LogP contribution is -2.17. The molecule has 0 radical (unpaired) electrons. The van der Waals surface area contributed by atoms with Gasteiger partial charge in [-0.05, 0) is 54.1 Å². The van der Waals surface area contributed by atoms with Crippen LogP contribution >= 0.6 is 34.8 Å². The molecule has 10 heteroatoms. The van der Waals surface area contributed by atoms with Gasteiger partial charge in [-0.25, -0.2) is 13.6 Å². The standard InChI is InChI=1S/C20H15Cl3N2O4S/c21-12-3-1-4-14(9-12)29-18-8-7-13(10-19(18)30(24,27)28)25-20(26)11-15-16(22)5-2-6-17(15)23/h1-10H,11H2,(H,25,26)(H2,24,27,28). The van der Waals surface area contributed by atoms with E-state index in [2.05, 4.69) is 5.32 Å². The molecule has 0 fully saturated rings. The van der Waals surface area contributed by atoms with Crippen molar-refractivity contribution in [1.82, 2.24) is 0 Å². The van der Waals surface area contributed by atoms with Gasteiger partial charge in [0.1, 0.15) is 16.4 Å². The van der Waals surface area contributed by atoms with Crippen molar-refractivity contribution in [2.75, 3.05) is 5.32 Å². The molecule has 0 bridgehead atoms. The number of amides is 1. The number of sulfonamides is 1. The molecule has 0 saturated carbocycles. The summed E-state index contributed by atoms with van der Waals surface area (Å²) < 4.78 is 29.7. The number of carbonyl (C=O) groups excluding carboxylic acids is 1. The van der Waals surface area contributed by atoms with E-state index in [1.165, 1.54) is 24.3 Å². The average Bonchev–Trinajstić information content (AvgIpc) is 2.65. The Morgan fingerprint density at radius 1 is 0.967 bits per heavy atom. The van der Waals surface area contributed by atoms with E-state index in [4.69, 9.17) is 44.7 Å². The van der Waals surface area contributed by atoms with Crippen molar-refractivity contribution in [2.24, 2.45) is 5.14 Å². The Balaban J connectivity index is 1.85. The number of carbonyl (C=O) groups is 1. The van der Waals surface area contributed by atoms with Gasteiger partial charge in [-0.2, -0.15) is 0 Å². The summed E-state index contributed by atoms with van der Waals surface area (Å²) in [4.78, 5) is 12.1. The van der Waals surface area contributed by atoms with Crippen molar-refractivity contribution in [3.63, 3.8) is 0 Å². The van der Waals surface area contributed by atoms with Gasteiger partial charge >= 0.3 is 0 Å². The van der Waals surface area contributed by atoms with Crippen molar-refractivity contribution in [2.45, 2.75) is 11.3 Å². The van der Waals surface area contributed by atoms with Crippen LogP contribution < -0.4 is 15.2 Å². The molecule has 0 heterocycles. The Labute approximate surface area is 188 Å². The number of primary sulfonamides is 1. The van der Waals surface area contributed by atoms with Crippen molar-refractivity contribution < 1.29 is 17.9 Å². The number of ether oxygens (including phenoxy) is 1. The van der Waals surface area contributed by atoms with Gasteiger partial charge in [0.15, 0.2) is 0 Å². The predicted octanol–water partition coefficient (Wildman–Crippen LogP) is 5.27. The maximum atomic E-state index is 12.4. The van der Waals surface area contributed by atoms with Crippen LogP contribution in [-0.4, -0.2) is 14.3 Å². The van der Waals surface area contributed by atoms with Gasteiger partial charge in [0, 0.05) is 20.8 Å². The van der Waals surface area contributed by atoms with E-state index in [9.17, 15) is 13.2 Å². The van der Waals surface area contributed by atoms with E-state index in [1.807, 2.05) is 0 Å². The topological polar surface area (TPSA) is 98.5 Å². The van der Waals surface area contributed by atoms with Gasteiger partial charge < -0.3 is 10.1 Å². The zero-order valence-corrected chi connectivity index (χ0v) is 18.3. The van der Waals surface area contributed by atoms with Crippen LogP contribution in [-0.2, 0) is 21.2 Å². The van der Waals surface area contributed by atoms with Gasteiger partial charge in [-0.15, -0.1) is 0 Å². The molecule has 30 heavy (non-hydrogen) atoms. The quantitative estimate of drug-likeness (QED) is 0.497. The Morgan fingerprint density at radius 3 is 2.27 bits per heavy atom. The molecule has 6 nitrogen and oxygen atoms in total. The van der Waals surface area contributed by atoms with Gasteiger partial charge in [0.2, 0.25) is 15.9 Å². The van der Waals surface area contributed by atoms with Crippen LogP contribution in [0.3, 0.4) is 0 Å². The Kier molecular flexibility index (Phi) is 6.90. The van der Waals surface area contributed by atoms with Gasteiger partial charge in [0.05, 0.1) is 6.42 Å². The maximum Gasteiger partial charge on any atom is 0.241 e. The van der Waals surface area contributed by atoms with Crippen LogP contribution in [0, 0.1) is 0 Å².